The molecule has 0 aliphatic carbocycles. The quantitative estimate of drug-likeness (QED) is 0.592. The van der Waals surface area contributed by atoms with Gasteiger partial charge in [0.15, 0.2) is 0 Å². The second-order valence-electron chi connectivity index (χ2n) is 6.22. The minimum Gasteiger partial charge on any atom is -0.461 e. The Kier molecular flexibility index (Phi) is 7.87. The van der Waals surface area contributed by atoms with Crippen LogP contribution in [0.1, 0.15) is 50.7 Å². The highest BCUT2D eigenvalue weighted by Gasteiger charge is 2.05. The standard InChI is InChI=1S/C22H26O4/c1-3-6-21(23)25-15-17-10-12-19(13-11-17)20-9-5-8-18(14-20)16-26-22(24)7-4-2/h5,8-14H,3-4,6-7,15-16H2,1-2H3. The van der Waals surface area contributed by atoms with Gasteiger partial charge >= 0.3 is 11.9 Å². The van der Waals surface area contributed by atoms with Crippen LogP contribution in [0.3, 0.4) is 0 Å². The zero-order chi connectivity index (χ0) is 18.8. The summed E-state index contributed by atoms with van der Waals surface area (Å²) < 4.78 is 10.5. The molecule has 0 N–H and O–H groups in total. The topological polar surface area (TPSA) is 52.6 Å². The molecule has 0 atom stereocenters. The van der Waals surface area contributed by atoms with Gasteiger partial charge in [0, 0.05) is 12.8 Å². The third-order valence-electron chi connectivity index (χ3n) is 3.92. The van der Waals surface area contributed by atoms with E-state index in [2.05, 4.69) is 0 Å². The van der Waals surface area contributed by atoms with Gasteiger partial charge in [-0.05, 0) is 41.2 Å². The summed E-state index contributed by atoms with van der Waals surface area (Å²) in [6.07, 6.45) is 2.48. The first-order valence-corrected chi connectivity index (χ1v) is 9.12. The number of carbonyl (C=O) groups excluding carboxylic acids is 2. The molecule has 138 valence electrons. The highest BCUT2D eigenvalue weighted by Crippen LogP contribution is 2.22. The van der Waals surface area contributed by atoms with Gasteiger partial charge in [0.05, 0.1) is 0 Å². The lowest BCUT2D eigenvalue weighted by Crippen LogP contribution is -2.03. The van der Waals surface area contributed by atoms with Crippen LogP contribution in [0.5, 0.6) is 0 Å². The monoisotopic (exact) mass is 354 g/mol. The number of rotatable bonds is 9. The molecule has 4 nitrogen and oxygen atoms in total. The first kappa shape index (κ1) is 19.7. The third kappa shape index (κ3) is 6.36. The van der Waals surface area contributed by atoms with Crippen molar-refractivity contribution in [3.63, 3.8) is 0 Å². The lowest BCUT2D eigenvalue weighted by Gasteiger charge is -2.08. The van der Waals surface area contributed by atoms with Gasteiger partial charge in [-0.1, -0.05) is 56.3 Å². The Morgan fingerprint density at radius 1 is 0.731 bits per heavy atom. The smallest absolute Gasteiger partial charge is 0.306 e. The molecular weight excluding hydrogens is 328 g/mol. The van der Waals surface area contributed by atoms with Crippen molar-refractivity contribution < 1.29 is 19.1 Å². The summed E-state index contributed by atoms with van der Waals surface area (Å²) in [6.45, 7) is 4.50. The van der Waals surface area contributed by atoms with Crippen LogP contribution in [-0.4, -0.2) is 11.9 Å². The fourth-order valence-corrected chi connectivity index (χ4v) is 2.51. The molecule has 0 aliphatic rings. The second kappa shape index (κ2) is 10.4. The summed E-state index contributed by atoms with van der Waals surface area (Å²) in [5.41, 5.74) is 4.05. The molecule has 26 heavy (non-hydrogen) atoms. The van der Waals surface area contributed by atoms with Crippen LogP contribution in [0.4, 0.5) is 0 Å². The first-order chi connectivity index (χ1) is 12.6. The molecule has 0 amide bonds. The van der Waals surface area contributed by atoms with Crippen LogP contribution < -0.4 is 0 Å². The van der Waals surface area contributed by atoms with Crippen LogP contribution in [0.25, 0.3) is 11.1 Å². The minimum atomic E-state index is -0.167. The summed E-state index contributed by atoms with van der Waals surface area (Å²) in [7, 11) is 0. The van der Waals surface area contributed by atoms with Crippen molar-refractivity contribution in [2.75, 3.05) is 0 Å². The predicted molar refractivity (Wildman–Crippen MR) is 101 cm³/mol. The molecule has 0 radical (unpaired) electrons. The van der Waals surface area contributed by atoms with Gasteiger partial charge in [-0.3, -0.25) is 9.59 Å². The maximum atomic E-state index is 11.5. The number of carbonyl (C=O) groups is 2. The van der Waals surface area contributed by atoms with Crippen molar-refractivity contribution >= 4 is 11.9 Å². The van der Waals surface area contributed by atoms with Crippen LogP contribution in [0.15, 0.2) is 48.5 Å². The van der Waals surface area contributed by atoms with Gasteiger partial charge in [-0.15, -0.1) is 0 Å². The molecule has 0 heterocycles. The molecule has 0 saturated heterocycles. The van der Waals surface area contributed by atoms with E-state index >= 15 is 0 Å². The van der Waals surface area contributed by atoms with E-state index in [0.29, 0.717) is 19.4 Å². The minimum absolute atomic E-state index is 0.165. The van der Waals surface area contributed by atoms with E-state index in [1.54, 1.807) is 0 Å². The van der Waals surface area contributed by atoms with Crippen molar-refractivity contribution in [3.8, 4) is 11.1 Å². The highest BCUT2D eigenvalue weighted by atomic mass is 16.5. The van der Waals surface area contributed by atoms with Gasteiger partial charge in [0.25, 0.3) is 0 Å². The van der Waals surface area contributed by atoms with Crippen molar-refractivity contribution in [2.45, 2.75) is 52.7 Å². The summed E-state index contributed by atoms with van der Waals surface area (Å²) in [5.74, 6) is -0.332. The molecule has 0 unspecified atom stereocenters. The normalized spacial score (nSPS) is 10.4. The summed E-state index contributed by atoms with van der Waals surface area (Å²) in [4.78, 5) is 22.9. The fraction of sp³-hybridized carbons (Fsp3) is 0.364. The largest absolute Gasteiger partial charge is 0.461 e. The summed E-state index contributed by atoms with van der Waals surface area (Å²) in [5, 5.41) is 0. The first-order valence-electron chi connectivity index (χ1n) is 9.12. The lowest BCUT2D eigenvalue weighted by atomic mass is 10.0. The van der Waals surface area contributed by atoms with Gasteiger partial charge in [0.2, 0.25) is 0 Å². The molecule has 4 heteroatoms. The molecule has 0 aromatic heterocycles. The zero-order valence-corrected chi connectivity index (χ0v) is 15.5. The second-order valence-corrected chi connectivity index (χ2v) is 6.22. The Labute approximate surface area is 155 Å². The molecule has 0 fully saturated rings. The fourth-order valence-electron chi connectivity index (χ4n) is 2.51. The SMILES string of the molecule is CCCC(=O)OCc1ccc(-c2cccc(COC(=O)CCC)c2)cc1. The van der Waals surface area contributed by atoms with Crippen LogP contribution in [0, 0.1) is 0 Å². The number of hydrogen-bond donors (Lipinski definition) is 0. The summed E-state index contributed by atoms with van der Waals surface area (Å²) >= 11 is 0. The predicted octanol–water partition coefficient (Wildman–Crippen LogP) is 5.04. The Bertz CT molecular complexity index is 719. The Balaban J connectivity index is 1.96. The number of esters is 2. The molecule has 0 aliphatic heterocycles. The van der Waals surface area contributed by atoms with E-state index in [0.717, 1.165) is 35.1 Å². The average molecular weight is 354 g/mol. The number of ether oxygens (including phenoxy) is 2. The molecule has 0 spiro atoms. The van der Waals surface area contributed by atoms with E-state index < -0.39 is 0 Å². The lowest BCUT2D eigenvalue weighted by molar-refractivity contribution is -0.145. The van der Waals surface area contributed by atoms with Gasteiger partial charge in [0.1, 0.15) is 13.2 Å². The molecule has 2 aromatic carbocycles. The van der Waals surface area contributed by atoms with Gasteiger partial charge in [-0.25, -0.2) is 0 Å². The number of benzene rings is 2. The maximum absolute atomic E-state index is 11.5. The zero-order valence-electron chi connectivity index (χ0n) is 15.5. The van der Waals surface area contributed by atoms with Crippen molar-refractivity contribution in [1.82, 2.24) is 0 Å². The maximum Gasteiger partial charge on any atom is 0.306 e. The molecule has 2 aromatic rings. The van der Waals surface area contributed by atoms with Gasteiger partial charge < -0.3 is 9.47 Å². The summed E-state index contributed by atoms with van der Waals surface area (Å²) in [6, 6.07) is 15.9. The van der Waals surface area contributed by atoms with Crippen LogP contribution in [-0.2, 0) is 32.3 Å². The number of hydrogen-bond acceptors (Lipinski definition) is 4. The molecule has 2 rings (SSSR count). The molecule has 0 saturated carbocycles. The average Bonchev–Trinajstić information content (AvgIpc) is 2.66. The van der Waals surface area contributed by atoms with E-state index in [9.17, 15) is 9.59 Å². The van der Waals surface area contributed by atoms with E-state index in [1.165, 1.54) is 0 Å². The van der Waals surface area contributed by atoms with Crippen LogP contribution in [0.2, 0.25) is 0 Å². The molecule has 0 bridgehead atoms. The van der Waals surface area contributed by atoms with Crippen LogP contribution >= 0.6 is 0 Å². The Hall–Kier alpha value is -2.62. The Morgan fingerprint density at radius 2 is 1.31 bits per heavy atom. The highest BCUT2D eigenvalue weighted by molar-refractivity contribution is 5.70. The Morgan fingerprint density at radius 3 is 1.88 bits per heavy atom. The molecular formula is C22H26O4. The van der Waals surface area contributed by atoms with Crippen molar-refractivity contribution in [3.05, 3.63) is 59.7 Å². The van der Waals surface area contributed by atoms with E-state index in [-0.39, 0.29) is 18.5 Å². The van der Waals surface area contributed by atoms with Gasteiger partial charge in [-0.2, -0.15) is 0 Å². The van der Waals surface area contributed by atoms with E-state index in [4.69, 9.17) is 9.47 Å². The van der Waals surface area contributed by atoms with E-state index in [1.807, 2.05) is 62.4 Å². The third-order valence-corrected chi connectivity index (χ3v) is 3.92. The van der Waals surface area contributed by atoms with Crippen molar-refractivity contribution in [1.29, 1.82) is 0 Å². The van der Waals surface area contributed by atoms with Crippen molar-refractivity contribution in [2.24, 2.45) is 0 Å².